The van der Waals surface area contributed by atoms with E-state index in [1.54, 1.807) is 0 Å². The minimum absolute atomic E-state index is 0.145. The molecule has 0 aliphatic carbocycles. The van der Waals surface area contributed by atoms with Crippen molar-refractivity contribution >= 4 is 56.6 Å². The van der Waals surface area contributed by atoms with Crippen LogP contribution in [-0.4, -0.2) is 48.3 Å². The minimum Gasteiger partial charge on any atom is -0.383 e. The zero-order chi connectivity index (χ0) is 21.5. The molecule has 0 fully saturated rings. The number of halogens is 8. The van der Waals surface area contributed by atoms with E-state index in [1.165, 1.54) is 6.92 Å². The number of nitrogens with zero attached hydrogens (tertiary/aromatic N) is 3. The van der Waals surface area contributed by atoms with Gasteiger partial charge in [0.1, 0.15) is 0 Å². The monoisotopic (exact) mass is 637 g/mol. The van der Waals surface area contributed by atoms with E-state index in [4.69, 9.17) is 0 Å². The van der Waals surface area contributed by atoms with Crippen LogP contribution in [0.4, 0.5) is 32.0 Å². The topological polar surface area (TPSA) is 69.0 Å². The van der Waals surface area contributed by atoms with Gasteiger partial charge in [0.05, 0.1) is 22.9 Å². The smallest absolute Gasteiger partial charge is 0.383 e. The van der Waals surface area contributed by atoms with Crippen molar-refractivity contribution in [2.24, 2.45) is 16.4 Å². The molecule has 0 amide bonds. The van der Waals surface area contributed by atoms with E-state index in [0.29, 0.717) is 17.3 Å². The van der Waals surface area contributed by atoms with Crippen molar-refractivity contribution in [3.63, 3.8) is 0 Å². The first-order valence-electron chi connectivity index (χ1n) is 7.73. The van der Waals surface area contributed by atoms with Gasteiger partial charge in [-0.2, -0.15) is 31.4 Å². The van der Waals surface area contributed by atoms with Gasteiger partial charge in [0.25, 0.3) is 0 Å². The van der Waals surface area contributed by atoms with Crippen molar-refractivity contribution in [3.05, 3.63) is 24.0 Å². The molecule has 0 radical (unpaired) electrons. The first-order chi connectivity index (χ1) is 12.8. The van der Waals surface area contributed by atoms with Crippen molar-refractivity contribution in [2.45, 2.75) is 31.6 Å². The Hall–Kier alpha value is -0.420. The summed E-state index contributed by atoms with van der Waals surface area (Å²) in [5, 5.41) is 25.5. The number of aliphatic hydroxyl groups excluding tert-OH is 2. The Labute approximate surface area is 183 Å². The number of hydrogen-bond acceptors (Lipinski definition) is 5. The van der Waals surface area contributed by atoms with E-state index in [9.17, 15) is 36.6 Å². The highest BCUT2D eigenvalue weighted by Gasteiger charge is 2.65. The summed E-state index contributed by atoms with van der Waals surface area (Å²) in [7, 11) is 0. The van der Waals surface area contributed by atoms with Crippen LogP contribution in [0, 0.1) is 11.3 Å². The van der Waals surface area contributed by atoms with Gasteiger partial charge in [-0.1, -0.05) is 45.2 Å². The molecule has 158 valence electrons. The van der Waals surface area contributed by atoms with Crippen molar-refractivity contribution in [1.29, 1.82) is 0 Å². The molecule has 5 nitrogen and oxygen atoms in total. The normalized spacial score (nSPS) is 24.6. The molecule has 2 rings (SSSR count). The summed E-state index contributed by atoms with van der Waals surface area (Å²) < 4.78 is 79.6. The molecule has 0 saturated heterocycles. The molecule has 28 heavy (non-hydrogen) atoms. The maximum absolute atomic E-state index is 13.5. The van der Waals surface area contributed by atoms with Gasteiger partial charge in [-0.15, -0.1) is 0 Å². The third-order valence-electron chi connectivity index (χ3n) is 4.67. The molecule has 0 spiro atoms. The van der Waals surface area contributed by atoms with Crippen molar-refractivity contribution in [2.75, 3.05) is 13.9 Å². The lowest BCUT2D eigenvalue weighted by Crippen LogP contribution is -2.61. The van der Waals surface area contributed by atoms with Gasteiger partial charge in [0.15, 0.2) is 12.3 Å². The van der Waals surface area contributed by atoms with Gasteiger partial charge in [-0.05, 0) is 18.9 Å². The molecular weight excluding hydrogens is 622 g/mol. The Morgan fingerprint density at radius 2 is 1.75 bits per heavy atom. The number of anilines is 1. The molecule has 1 aliphatic rings. The average Bonchev–Trinajstić information content (AvgIpc) is 2.86. The summed E-state index contributed by atoms with van der Waals surface area (Å²) in [4.78, 5) is 3.45. The van der Waals surface area contributed by atoms with Crippen LogP contribution < -0.4 is 5.01 Å². The number of rotatable bonds is 5. The third kappa shape index (κ3) is 4.08. The van der Waals surface area contributed by atoms with Crippen LogP contribution in [0.25, 0.3) is 0 Å². The highest BCUT2D eigenvalue weighted by molar-refractivity contribution is 14.1. The standard InChI is InChI=1S/C15H15F6I2N3O2/c1-7-13(9(3-22)4-23,11(27)15(19,20)21)12(28)26(25-7)10-2-8(5-24-6-10)14(16,17)18/h2,5-6,9,11-12,27-28H,3-4H2,1H3. The van der Waals surface area contributed by atoms with E-state index in [2.05, 4.69) is 10.1 Å². The zero-order valence-corrected chi connectivity index (χ0v) is 18.5. The predicted molar refractivity (Wildman–Crippen MR) is 107 cm³/mol. The SMILES string of the molecule is CC1=NN(c2cncc(C(F)(F)F)c2)C(O)C1(C(CI)CI)C(O)C(F)(F)F. The summed E-state index contributed by atoms with van der Waals surface area (Å²) >= 11 is 3.68. The van der Waals surface area contributed by atoms with Crippen LogP contribution in [0.1, 0.15) is 12.5 Å². The van der Waals surface area contributed by atoms with E-state index in [0.717, 1.165) is 6.20 Å². The number of aliphatic hydroxyl groups is 2. The first kappa shape index (κ1) is 23.9. The van der Waals surface area contributed by atoms with E-state index in [-0.39, 0.29) is 20.3 Å². The highest BCUT2D eigenvalue weighted by atomic mass is 127. The highest BCUT2D eigenvalue weighted by Crippen LogP contribution is 2.50. The summed E-state index contributed by atoms with van der Waals surface area (Å²) in [6.07, 6.45) is -13.3. The largest absolute Gasteiger partial charge is 0.417 e. The second-order valence-electron chi connectivity index (χ2n) is 6.22. The Bertz CT molecular complexity index is 741. The van der Waals surface area contributed by atoms with Crippen LogP contribution in [0.15, 0.2) is 23.6 Å². The molecule has 3 unspecified atom stereocenters. The van der Waals surface area contributed by atoms with Gasteiger partial charge in [0.2, 0.25) is 0 Å². The van der Waals surface area contributed by atoms with Crippen LogP contribution >= 0.6 is 45.2 Å². The van der Waals surface area contributed by atoms with Gasteiger partial charge in [0, 0.05) is 20.8 Å². The summed E-state index contributed by atoms with van der Waals surface area (Å²) in [6, 6.07) is 0.631. The average molecular weight is 637 g/mol. The molecule has 2 N–H and O–H groups in total. The Morgan fingerprint density at radius 1 is 1.18 bits per heavy atom. The number of alkyl halides is 8. The van der Waals surface area contributed by atoms with Crippen LogP contribution in [0.3, 0.4) is 0 Å². The third-order valence-corrected chi connectivity index (χ3v) is 6.80. The quantitative estimate of drug-likeness (QED) is 0.291. The number of hydrogen-bond donors (Lipinski definition) is 2. The number of hydrazone groups is 1. The Morgan fingerprint density at radius 3 is 2.21 bits per heavy atom. The number of aromatic nitrogens is 1. The molecular formula is C15H15F6I2N3O2. The second-order valence-corrected chi connectivity index (χ2v) is 7.98. The molecule has 2 heterocycles. The van der Waals surface area contributed by atoms with Gasteiger partial charge in [-0.3, -0.25) is 4.98 Å². The molecule has 0 aromatic carbocycles. The van der Waals surface area contributed by atoms with Crippen LogP contribution in [-0.2, 0) is 6.18 Å². The summed E-state index contributed by atoms with van der Waals surface area (Å²) in [5.74, 6) is -0.854. The first-order valence-corrected chi connectivity index (χ1v) is 10.8. The lowest BCUT2D eigenvalue weighted by atomic mass is 9.68. The Kier molecular flexibility index (Phi) is 7.13. The molecule has 0 saturated carbocycles. The fourth-order valence-corrected chi connectivity index (χ4v) is 6.51. The van der Waals surface area contributed by atoms with Crippen LogP contribution in [0.2, 0.25) is 0 Å². The maximum Gasteiger partial charge on any atom is 0.417 e. The Balaban J connectivity index is 2.60. The lowest BCUT2D eigenvalue weighted by Gasteiger charge is -2.43. The van der Waals surface area contributed by atoms with E-state index < -0.39 is 41.6 Å². The zero-order valence-electron chi connectivity index (χ0n) is 14.1. The predicted octanol–water partition coefficient (Wildman–Crippen LogP) is 4.01. The fraction of sp³-hybridized carbons (Fsp3) is 0.600. The number of pyridine rings is 1. The molecule has 1 aromatic heterocycles. The fourth-order valence-electron chi connectivity index (χ4n) is 3.24. The maximum atomic E-state index is 13.5. The minimum atomic E-state index is -5.07. The summed E-state index contributed by atoms with van der Waals surface area (Å²) in [6.45, 7) is 1.21. The second kappa shape index (κ2) is 8.37. The van der Waals surface area contributed by atoms with Crippen molar-refractivity contribution in [3.8, 4) is 0 Å². The molecule has 1 aliphatic heterocycles. The molecule has 13 heteroatoms. The van der Waals surface area contributed by atoms with Gasteiger partial charge >= 0.3 is 12.4 Å². The molecule has 3 atom stereocenters. The lowest BCUT2D eigenvalue weighted by molar-refractivity contribution is -0.244. The molecule has 1 aromatic rings. The van der Waals surface area contributed by atoms with Gasteiger partial charge < -0.3 is 10.2 Å². The summed E-state index contributed by atoms with van der Waals surface area (Å²) in [5.41, 5.74) is -3.94. The van der Waals surface area contributed by atoms with Crippen molar-refractivity contribution < 1.29 is 36.6 Å². The van der Waals surface area contributed by atoms with Gasteiger partial charge in [-0.25, -0.2) is 5.01 Å². The van der Waals surface area contributed by atoms with Crippen LogP contribution in [0.5, 0.6) is 0 Å². The molecule has 0 bridgehead atoms. The van der Waals surface area contributed by atoms with E-state index >= 15 is 0 Å². The van der Waals surface area contributed by atoms with Crippen molar-refractivity contribution in [1.82, 2.24) is 4.98 Å². The van der Waals surface area contributed by atoms with E-state index in [1.807, 2.05) is 45.2 Å².